The Kier molecular flexibility index (Phi) is 8.84. The van der Waals surface area contributed by atoms with E-state index >= 15 is 0 Å². The van der Waals surface area contributed by atoms with Crippen LogP contribution < -0.4 is 3.78 Å². The number of aromatic nitrogens is 1. The van der Waals surface area contributed by atoms with E-state index in [-0.39, 0.29) is 0 Å². The zero-order chi connectivity index (χ0) is 14.0. The van der Waals surface area contributed by atoms with Gasteiger partial charge in [0.15, 0.2) is 0 Å². The molecule has 2 nitrogen and oxygen atoms in total. The molecule has 0 aliphatic carbocycles. The molecule has 1 aromatic rings. The van der Waals surface area contributed by atoms with Crippen molar-refractivity contribution in [1.29, 1.82) is 0 Å². The van der Waals surface area contributed by atoms with Crippen LogP contribution in [0, 0.1) is 0 Å². The molecule has 1 rings (SSSR count). The molecule has 1 heterocycles. The van der Waals surface area contributed by atoms with Crippen LogP contribution in [0.2, 0.25) is 3.43 Å². The molecule has 0 spiro atoms. The number of hydrogen-bond donors (Lipinski definition) is 0. The molecule has 0 saturated carbocycles. The Morgan fingerprint density at radius 2 is 1.53 bits per heavy atom. The van der Waals surface area contributed by atoms with Crippen molar-refractivity contribution >= 4 is 24.9 Å². The van der Waals surface area contributed by atoms with Crippen molar-refractivity contribution in [2.45, 2.75) is 82.0 Å². The number of hydrogen-bond acceptors (Lipinski definition) is 2. The molecule has 0 bridgehead atoms. The van der Waals surface area contributed by atoms with E-state index in [1.165, 1.54) is 61.6 Å². The van der Waals surface area contributed by atoms with Gasteiger partial charge < -0.3 is 0 Å². The number of nitrogens with zero attached hydrogens (tertiary/aromatic N) is 1. The van der Waals surface area contributed by atoms with Crippen molar-refractivity contribution in [3.05, 3.63) is 12.3 Å². The molecule has 19 heavy (non-hydrogen) atoms. The first-order valence-corrected chi connectivity index (χ1v) is 10.8. The second-order valence-corrected chi connectivity index (χ2v) is 10.7. The maximum absolute atomic E-state index is 5.45. The summed E-state index contributed by atoms with van der Waals surface area (Å²) in [5.74, 6) is 0. The molecule has 108 valence electrons. The minimum atomic E-state index is -0.672. The van der Waals surface area contributed by atoms with Gasteiger partial charge >= 0.3 is 129 Å². The maximum atomic E-state index is 5.45. The molecule has 0 saturated heterocycles. The fraction of sp³-hybridized carbons (Fsp3) is 0.812. The standard InChI is InChI=1S/C13H27.C3H2NO.Sn/c1-4-7-10-13(11-8-5-2)12-9-6-3;1-2-4-5-3-1;/h4-12H2,1-3H3;1-2H;. The van der Waals surface area contributed by atoms with Crippen LogP contribution in [0.3, 0.4) is 0 Å². The first-order valence-electron chi connectivity index (χ1n) is 7.95. The van der Waals surface area contributed by atoms with Crippen LogP contribution in [0.25, 0.3) is 0 Å². The third kappa shape index (κ3) is 6.33. The predicted molar refractivity (Wildman–Crippen MR) is 83.2 cm³/mol. The number of rotatable bonds is 11. The van der Waals surface area contributed by atoms with Crippen molar-refractivity contribution in [2.24, 2.45) is 0 Å². The molecule has 0 N–H and O–H groups in total. The summed E-state index contributed by atoms with van der Waals surface area (Å²) >= 11 is -0.672. The summed E-state index contributed by atoms with van der Waals surface area (Å²) in [6, 6.07) is 2.12. The molecule has 2 radical (unpaired) electrons. The van der Waals surface area contributed by atoms with Crippen LogP contribution in [0.1, 0.15) is 78.6 Å². The summed E-state index contributed by atoms with van der Waals surface area (Å²) in [7, 11) is 0. The zero-order valence-electron chi connectivity index (χ0n) is 12.9. The van der Waals surface area contributed by atoms with Crippen LogP contribution in [-0.4, -0.2) is 26.3 Å². The van der Waals surface area contributed by atoms with Crippen LogP contribution >= 0.6 is 0 Å². The molecular weight excluding hydrogens is 341 g/mol. The van der Waals surface area contributed by atoms with Crippen LogP contribution in [0.15, 0.2) is 16.8 Å². The van der Waals surface area contributed by atoms with Gasteiger partial charge in [-0.2, -0.15) is 0 Å². The Morgan fingerprint density at radius 1 is 1.00 bits per heavy atom. The fourth-order valence-electron chi connectivity index (χ4n) is 2.65. The van der Waals surface area contributed by atoms with Crippen molar-refractivity contribution in [3.8, 4) is 0 Å². The monoisotopic (exact) mass is 371 g/mol. The van der Waals surface area contributed by atoms with Gasteiger partial charge in [0.05, 0.1) is 0 Å². The summed E-state index contributed by atoms with van der Waals surface area (Å²) < 4.78 is 7.31. The molecular formula is C16H29NOSn. The van der Waals surface area contributed by atoms with Gasteiger partial charge in [-0.3, -0.25) is 0 Å². The molecule has 0 unspecified atom stereocenters. The number of unbranched alkanes of at least 4 members (excludes halogenated alkanes) is 3. The third-order valence-corrected chi connectivity index (χ3v) is 8.95. The average molecular weight is 370 g/mol. The average Bonchev–Trinajstić information content (AvgIpc) is 2.93. The van der Waals surface area contributed by atoms with E-state index in [2.05, 4.69) is 32.0 Å². The Morgan fingerprint density at radius 3 is 1.89 bits per heavy atom. The van der Waals surface area contributed by atoms with Gasteiger partial charge in [0.1, 0.15) is 0 Å². The van der Waals surface area contributed by atoms with Crippen LogP contribution in [0.5, 0.6) is 0 Å². The molecule has 0 amide bonds. The van der Waals surface area contributed by atoms with E-state index in [9.17, 15) is 0 Å². The van der Waals surface area contributed by atoms with Gasteiger partial charge in [-0.05, 0) is 0 Å². The molecule has 1 aromatic heterocycles. The molecule has 0 fully saturated rings. The van der Waals surface area contributed by atoms with E-state index in [0.717, 1.165) is 0 Å². The predicted octanol–water partition coefficient (Wildman–Crippen LogP) is 4.73. The van der Waals surface area contributed by atoms with Crippen molar-refractivity contribution in [2.75, 3.05) is 0 Å². The van der Waals surface area contributed by atoms with Crippen molar-refractivity contribution in [3.63, 3.8) is 0 Å². The minimum absolute atomic E-state index is 0.616. The van der Waals surface area contributed by atoms with Gasteiger partial charge in [0, 0.05) is 0 Å². The topological polar surface area (TPSA) is 26.0 Å². The summed E-state index contributed by atoms with van der Waals surface area (Å²) in [5.41, 5.74) is 0. The molecule has 0 aliphatic rings. The second kappa shape index (κ2) is 9.84. The summed E-state index contributed by atoms with van der Waals surface area (Å²) in [6.45, 7) is 6.93. The summed E-state index contributed by atoms with van der Waals surface area (Å²) in [6.07, 6.45) is 14.1. The fourth-order valence-corrected chi connectivity index (χ4v) is 7.46. The Bertz CT molecular complexity index is 289. The molecule has 0 atom stereocenters. The van der Waals surface area contributed by atoms with Gasteiger partial charge in [-0.1, -0.05) is 0 Å². The van der Waals surface area contributed by atoms with Gasteiger partial charge in [0.25, 0.3) is 0 Å². The Balaban J connectivity index is 2.74. The second-order valence-electron chi connectivity index (χ2n) is 5.59. The Labute approximate surface area is 128 Å². The van der Waals surface area contributed by atoms with Gasteiger partial charge in [-0.25, -0.2) is 0 Å². The first-order chi connectivity index (χ1) is 9.26. The van der Waals surface area contributed by atoms with E-state index in [4.69, 9.17) is 4.52 Å². The third-order valence-electron chi connectivity index (χ3n) is 3.85. The van der Waals surface area contributed by atoms with E-state index < -0.39 is 21.1 Å². The first kappa shape index (κ1) is 17.1. The van der Waals surface area contributed by atoms with E-state index in [1.54, 1.807) is 0 Å². The van der Waals surface area contributed by atoms with Crippen molar-refractivity contribution < 1.29 is 4.52 Å². The van der Waals surface area contributed by atoms with Crippen LogP contribution in [-0.2, 0) is 0 Å². The molecule has 0 aromatic carbocycles. The summed E-state index contributed by atoms with van der Waals surface area (Å²) in [5, 5.41) is 3.91. The summed E-state index contributed by atoms with van der Waals surface area (Å²) in [4.78, 5) is 0. The zero-order valence-corrected chi connectivity index (χ0v) is 15.7. The van der Waals surface area contributed by atoms with E-state index in [0.29, 0.717) is 3.43 Å². The Hall–Kier alpha value is 0.00870. The van der Waals surface area contributed by atoms with E-state index in [1.807, 2.05) is 6.20 Å². The van der Waals surface area contributed by atoms with Crippen molar-refractivity contribution in [1.82, 2.24) is 5.16 Å². The van der Waals surface area contributed by atoms with Gasteiger partial charge in [0.2, 0.25) is 0 Å². The SMILES string of the molecule is CCCC[C](CCCC)(CCCC)[Sn][c]1ccno1. The molecule has 3 heteroatoms. The van der Waals surface area contributed by atoms with Crippen LogP contribution in [0.4, 0.5) is 0 Å². The normalized spacial score (nSPS) is 11.9. The quantitative estimate of drug-likeness (QED) is 0.527. The molecule has 0 aliphatic heterocycles. The van der Waals surface area contributed by atoms with Gasteiger partial charge in [-0.15, -0.1) is 0 Å².